The van der Waals surface area contributed by atoms with Crippen molar-refractivity contribution in [3.63, 3.8) is 0 Å². The van der Waals surface area contributed by atoms with Crippen molar-refractivity contribution in [2.75, 3.05) is 0 Å². The molecule has 0 spiro atoms. The molecule has 346 valence electrons. The first kappa shape index (κ1) is 46.6. The normalized spacial score (nSPS) is 23.9. The fourth-order valence-electron chi connectivity index (χ4n) is 8.45. The summed E-state index contributed by atoms with van der Waals surface area (Å²) < 4.78 is 9.03. The molecule has 2 unspecified atom stereocenters. The van der Waals surface area contributed by atoms with Crippen molar-refractivity contribution in [2.24, 2.45) is 11.5 Å². The highest BCUT2D eigenvalue weighted by atomic mass is 32.2. The molecular weight excluding hydrogens is 905 g/mol. The number of hydrogen-bond acceptors (Lipinski definition) is 14. The Morgan fingerprint density at radius 3 is 1.20 bits per heavy atom. The minimum absolute atomic E-state index is 0.179. The molecule has 4 saturated heterocycles. The van der Waals surface area contributed by atoms with E-state index in [1.54, 1.807) is 64.1 Å². The second kappa shape index (κ2) is 17.6. The molecule has 24 heteroatoms. The molecule has 4 fully saturated rings. The number of carboxylic acid groups (broad SMARTS) is 2. The molecule has 10 amide bonds. The number of imide groups is 2. The third-order valence-corrected chi connectivity index (χ3v) is 14.4. The lowest BCUT2D eigenvalue weighted by Crippen LogP contribution is -2.73. The van der Waals surface area contributed by atoms with Crippen LogP contribution in [0.15, 0.2) is 84.9 Å². The van der Waals surface area contributed by atoms with Gasteiger partial charge in [-0.2, -0.15) is 0 Å². The average Bonchev–Trinajstić information content (AvgIpc) is 3.66. The predicted molar refractivity (Wildman–Crippen MR) is 231 cm³/mol. The number of thioether (sulfide) groups is 2. The van der Waals surface area contributed by atoms with E-state index in [0.29, 0.717) is 9.80 Å². The van der Waals surface area contributed by atoms with E-state index in [-0.39, 0.29) is 22.6 Å². The zero-order valence-electron chi connectivity index (χ0n) is 35.3. The van der Waals surface area contributed by atoms with Gasteiger partial charge in [0.25, 0.3) is 23.6 Å². The molecule has 3 aromatic rings. The second-order valence-corrected chi connectivity index (χ2v) is 20.0. The van der Waals surface area contributed by atoms with E-state index in [0.717, 1.165) is 57.6 Å². The van der Waals surface area contributed by atoms with Gasteiger partial charge in [-0.3, -0.25) is 19.2 Å². The summed E-state index contributed by atoms with van der Waals surface area (Å²) in [5, 5.41) is 22.5. The Kier molecular flexibility index (Phi) is 12.4. The van der Waals surface area contributed by atoms with E-state index in [1.807, 2.05) is 0 Å². The number of hydrogen-bond donors (Lipinski definition) is 6. The van der Waals surface area contributed by atoms with Gasteiger partial charge in [-0.1, -0.05) is 60.7 Å². The lowest BCUT2D eigenvalue weighted by atomic mass is 9.94. The highest BCUT2D eigenvalue weighted by Gasteiger charge is 2.68. The van der Waals surface area contributed by atoms with Crippen molar-refractivity contribution in [2.45, 2.75) is 84.2 Å². The highest BCUT2D eigenvalue weighted by Crippen LogP contribution is 2.54. The van der Waals surface area contributed by atoms with Crippen molar-refractivity contribution in [1.82, 2.24) is 30.2 Å². The van der Waals surface area contributed by atoms with E-state index < -0.39 is 116 Å². The number of rotatable bonds is 12. The smallest absolute Gasteiger partial charge is 0.422 e. The van der Waals surface area contributed by atoms with E-state index in [9.17, 15) is 58.2 Å². The van der Waals surface area contributed by atoms with Crippen LogP contribution in [0.3, 0.4) is 0 Å². The van der Waals surface area contributed by atoms with Crippen molar-refractivity contribution >= 4 is 83.3 Å². The van der Waals surface area contributed by atoms with Gasteiger partial charge in [0.15, 0.2) is 12.1 Å². The number of primary amides is 2. The van der Waals surface area contributed by atoms with Crippen LogP contribution < -0.4 is 31.6 Å². The van der Waals surface area contributed by atoms with E-state index in [1.165, 1.54) is 24.3 Å². The molecule has 0 saturated carbocycles. The van der Waals surface area contributed by atoms with Gasteiger partial charge in [0.2, 0.25) is 0 Å². The van der Waals surface area contributed by atoms with Crippen LogP contribution in [0.1, 0.15) is 50.9 Å². The van der Waals surface area contributed by atoms with Gasteiger partial charge in [0, 0.05) is 9.49 Å². The van der Waals surface area contributed by atoms with Crippen LogP contribution in [-0.2, 0) is 28.8 Å². The van der Waals surface area contributed by atoms with Gasteiger partial charge in [0.05, 0.1) is 0 Å². The molecule has 7 rings (SSSR count). The highest BCUT2D eigenvalue weighted by molar-refractivity contribution is 8.02. The van der Waals surface area contributed by atoms with E-state index in [4.69, 9.17) is 20.9 Å². The number of nitrogens with one attached hydrogen (secondary N) is 2. The number of ether oxygens (including phenoxy) is 2. The van der Waals surface area contributed by atoms with Gasteiger partial charge < -0.3 is 51.6 Å². The molecule has 66 heavy (non-hydrogen) atoms. The van der Waals surface area contributed by atoms with Crippen LogP contribution in [0.2, 0.25) is 0 Å². The zero-order valence-corrected chi connectivity index (χ0v) is 36.9. The van der Waals surface area contributed by atoms with Crippen molar-refractivity contribution in [3.05, 3.63) is 96.1 Å². The number of carbonyl (C=O) groups excluding carboxylic acids is 8. The monoisotopic (exact) mass is 946 g/mol. The summed E-state index contributed by atoms with van der Waals surface area (Å²) in [7, 11) is 0. The third-order valence-electron chi connectivity index (χ3n) is 11.3. The number of benzene rings is 3. The Hall–Kier alpha value is -7.34. The molecule has 0 aliphatic carbocycles. The van der Waals surface area contributed by atoms with Crippen LogP contribution in [-0.4, -0.2) is 134 Å². The number of nitrogens with zero attached hydrogens (tertiary/aromatic N) is 4. The Labute approximate surface area is 383 Å². The van der Waals surface area contributed by atoms with Gasteiger partial charge in [-0.05, 0) is 63.1 Å². The zero-order chi connectivity index (χ0) is 48.2. The number of nitrogens with two attached hydrogens (primary N) is 2. The second-order valence-electron chi connectivity index (χ2n) is 16.4. The van der Waals surface area contributed by atoms with Crippen LogP contribution in [0.25, 0.3) is 0 Å². The maximum absolute atomic E-state index is 14.4. The van der Waals surface area contributed by atoms with Crippen LogP contribution in [0, 0.1) is 0 Å². The number of carboxylic acids is 2. The van der Waals surface area contributed by atoms with E-state index >= 15 is 0 Å². The molecule has 4 aliphatic heterocycles. The van der Waals surface area contributed by atoms with Crippen molar-refractivity contribution in [3.8, 4) is 11.5 Å². The summed E-state index contributed by atoms with van der Waals surface area (Å²) >= 11 is 2.08. The summed E-state index contributed by atoms with van der Waals surface area (Å²) in [6.45, 7) is 6.37. The van der Waals surface area contributed by atoms with Crippen molar-refractivity contribution < 1.29 is 67.6 Å². The predicted octanol–water partition coefficient (Wildman–Crippen LogP) is 2.19. The molecule has 4 aliphatic rings. The molecule has 0 radical (unpaired) electrons. The fourth-order valence-corrected chi connectivity index (χ4v) is 11.8. The largest absolute Gasteiger partial charge is 0.480 e. The lowest BCUT2D eigenvalue weighted by molar-refractivity contribution is -0.167. The first-order chi connectivity index (χ1) is 31.0. The molecule has 8 N–H and O–H groups in total. The standard InChI is InChI=1S/C42H42N8O14S2/c1-41(2)27(35(55)56)49-31(53)25(33(49)65-41)47(29(51)23(45-37(43)59)19-11-7-5-8-12-19)39(61)63-21-15-17-22(18-16-21)64-40(62)48(30(52)24(46-38(44)60)20-13-9-6-10-14-20)26-32(54)50-28(36(57)58)42(3,4)66-34(26)50/h5-18,23-28,33-34H,1-4H3,(H,55,56)(H,57,58)(H3,43,45,59)(H3,44,46,60)/t23?,24?,25-,26-,27+,28+,33-,34-/m1/s1. The molecule has 0 bridgehead atoms. The number of amides is 10. The molecule has 3 aromatic carbocycles. The minimum Gasteiger partial charge on any atom is -0.480 e. The fraction of sp³-hybridized carbons (Fsp3) is 0.333. The molecule has 4 heterocycles. The van der Waals surface area contributed by atoms with Crippen LogP contribution >= 0.6 is 23.5 Å². The number of urea groups is 2. The molecular formula is C42H42N8O14S2. The molecule has 8 atom stereocenters. The van der Waals surface area contributed by atoms with E-state index in [2.05, 4.69) is 10.6 Å². The lowest BCUT2D eigenvalue weighted by Gasteiger charge is -2.47. The quantitative estimate of drug-likeness (QED) is 0.142. The Morgan fingerprint density at radius 1 is 0.591 bits per heavy atom. The van der Waals surface area contributed by atoms with Crippen LogP contribution in [0.4, 0.5) is 19.2 Å². The summed E-state index contributed by atoms with van der Waals surface area (Å²) in [5.74, 6) is -7.21. The van der Waals surface area contributed by atoms with Crippen LogP contribution in [0.5, 0.6) is 11.5 Å². The maximum Gasteiger partial charge on any atom is 0.422 e. The first-order valence-corrected chi connectivity index (χ1v) is 21.7. The third kappa shape index (κ3) is 8.39. The summed E-state index contributed by atoms with van der Waals surface area (Å²) in [6.07, 6.45) is -2.83. The van der Waals surface area contributed by atoms with Gasteiger partial charge in [-0.25, -0.2) is 38.6 Å². The van der Waals surface area contributed by atoms with Gasteiger partial charge >= 0.3 is 36.2 Å². The Balaban J connectivity index is 1.17. The first-order valence-electron chi connectivity index (χ1n) is 19.9. The molecule has 0 aromatic heterocycles. The summed E-state index contributed by atoms with van der Waals surface area (Å²) in [6, 6.07) is 8.50. The number of carbonyl (C=O) groups is 10. The average molecular weight is 947 g/mol. The number of aliphatic carboxylic acids is 2. The minimum atomic E-state index is -1.61. The van der Waals surface area contributed by atoms with Crippen molar-refractivity contribution in [1.29, 1.82) is 0 Å². The number of β-lactam (4-membered cyclic amide) rings is 2. The summed E-state index contributed by atoms with van der Waals surface area (Å²) in [4.78, 5) is 137. The molecule has 22 nitrogen and oxygen atoms in total. The van der Waals surface area contributed by atoms with Gasteiger partial charge in [0.1, 0.15) is 46.4 Å². The summed E-state index contributed by atoms with van der Waals surface area (Å²) in [5.41, 5.74) is 11.2. The Morgan fingerprint density at radius 2 is 0.909 bits per heavy atom. The maximum atomic E-state index is 14.4. The number of fused-ring (bicyclic) bond motifs is 2. The van der Waals surface area contributed by atoms with Gasteiger partial charge in [-0.15, -0.1) is 23.5 Å². The Bertz CT molecular complexity index is 2360. The SMILES string of the molecule is CC1(C)S[C@@H]2[C@H](N(C(=O)Oc3ccc(OC(=O)N(C(=O)C(NC(N)=O)c4ccccc4)[C@@H]4C(=O)N5[C@@H]4SC(C)(C)[C@@H]5C(=O)O)cc3)C(=O)C(NC(N)=O)c3ccccc3)C(=O)N2[C@H]1C(=O)O. The topological polar surface area (TPSA) is 319 Å².